The third kappa shape index (κ3) is 2.72. The maximum atomic E-state index is 9.29. The van der Waals surface area contributed by atoms with E-state index in [9.17, 15) is 5.11 Å². The van der Waals surface area contributed by atoms with Crippen molar-refractivity contribution in [2.45, 2.75) is 20.0 Å². The molecule has 0 radical (unpaired) electrons. The van der Waals surface area contributed by atoms with Crippen molar-refractivity contribution in [3.8, 4) is 5.75 Å². The fraction of sp³-hybridized carbons (Fsp3) is 0.455. The first kappa shape index (κ1) is 11.0. The number of aliphatic hydroxyl groups is 1. The number of rotatable bonds is 4. The van der Waals surface area contributed by atoms with Crippen LogP contribution >= 0.6 is 0 Å². The van der Waals surface area contributed by atoms with Crippen LogP contribution in [0.5, 0.6) is 5.75 Å². The molecular weight excluding hydrogens is 178 g/mol. The number of aliphatic hydroxyl groups excluding tert-OH is 1. The summed E-state index contributed by atoms with van der Waals surface area (Å²) in [5, 5.41) is 9.29. The molecule has 3 heteroatoms. The molecule has 78 valence electrons. The predicted molar refractivity (Wildman–Crippen MR) is 55.2 cm³/mol. The topological polar surface area (TPSA) is 57.1 Å². The van der Waals surface area contributed by atoms with E-state index < -0.39 is 6.10 Å². The van der Waals surface area contributed by atoms with Crippen molar-refractivity contribution >= 4 is 0 Å². The van der Waals surface area contributed by atoms with Crippen molar-refractivity contribution < 1.29 is 15.6 Å². The second kappa shape index (κ2) is 4.98. The maximum absolute atomic E-state index is 9.29. The fourth-order valence-corrected chi connectivity index (χ4v) is 1.15. The van der Waals surface area contributed by atoms with Gasteiger partial charge in [0.1, 0.15) is 25.0 Å². The number of benzene rings is 1. The second-order valence-corrected chi connectivity index (χ2v) is 3.45. The normalized spacial score (nSPS) is 12.6. The van der Waals surface area contributed by atoms with Crippen LogP contribution in [0.4, 0.5) is 0 Å². The van der Waals surface area contributed by atoms with E-state index in [2.05, 4.69) is 5.73 Å². The van der Waals surface area contributed by atoms with E-state index in [1.807, 2.05) is 32.0 Å². The van der Waals surface area contributed by atoms with Gasteiger partial charge >= 0.3 is 0 Å². The fourth-order valence-electron chi connectivity index (χ4n) is 1.15. The zero-order chi connectivity index (χ0) is 10.6. The molecular formula is C11H18NO2+. The molecule has 0 aliphatic carbocycles. The molecule has 1 aromatic rings. The number of quaternary nitrogens is 1. The van der Waals surface area contributed by atoms with Crippen molar-refractivity contribution in [1.82, 2.24) is 0 Å². The molecule has 14 heavy (non-hydrogen) atoms. The van der Waals surface area contributed by atoms with E-state index in [1.165, 1.54) is 5.56 Å². The first-order chi connectivity index (χ1) is 6.65. The molecule has 0 aromatic heterocycles. The van der Waals surface area contributed by atoms with Crippen molar-refractivity contribution in [3.63, 3.8) is 0 Å². The summed E-state index contributed by atoms with van der Waals surface area (Å²) in [4.78, 5) is 0. The predicted octanol–water partition coefficient (Wildman–Crippen LogP) is 0.285. The summed E-state index contributed by atoms with van der Waals surface area (Å²) in [5.41, 5.74) is 5.94. The molecule has 0 amide bonds. The van der Waals surface area contributed by atoms with Crippen LogP contribution in [-0.2, 0) is 0 Å². The smallest absolute Gasteiger partial charge is 0.136 e. The SMILES string of the molecule is Cc1cccc(OC[C@H](O)C[NH3+])c1C. The lowest BCUT2D eigenvalue weighted by Crippen LogP contribution is -2.56. The first-order valence-corrected chi connectivity index (χ1v) is 4.81. The van der Waals surface area contributed by atoms with Crippen LogP contribution in [0, 0.1) is 13.8 Å². The summed E-state index contributed by atoms with van der Waals surface area (Å²) < 4.78 is 5.48. The molecule has 3 nitrogen and oxygen atoms in total. The first-order valence-electron chi connectivity index (χ1n) is 4.81. The van der Waals surface area contributed by atoms with Gasteiger partial charge in [0.25, 0.3) is 0 Å². The van der Waals surface area contributed by atoms with Gasteiger partial charge in [-0.1, -0.05) is 12.1 Å². The molecule has 0 unspecified atom stereocenters. The molecule has 0 aliphatic heterocycles. The minimum absolute atomic E-state index is 0.313. The summed E-state index contributed by atoms with van der Waals surface area (Å²) in [6, 6.07) is 5.91. The number of hydrogen-bond donors (Lipinski definition) is 2. The summed E-state index contributed by atoms with van der Waals surface area (Å²) >= 11 is 0. The average molecular weight is 196 g/mol. The van der Waals surface area contributed by atoms with Gasteiger partial charge in [0.2, 0.25) is 0 Å². The molecule has 1 atom stereocenters. The summed E-state index contributed by atoms with van der Waals surface area (Å²) in [7, 11) is 0. The van der Waals surface area contributed by atoms with Crippen molar-refractivity contribution in [1.29, 1.82) is 0 Å². The molecule has 4 N–H and O–H groups in total. The molecule has 0 heterocycles. The van der Waals surface area contributed by atoms with E-state index in [4.69, 9.17) is 4.74 Å². The van der Waals surface area contributed by atoms with Crippen LogP contribution < -0.4 is 10.5 Å². The van der Waals surface area contributed by atoms with Crippen molar-refractivity contribution in [3.05, 3.63) is 29.3 Å². The van der Waals surface area contributed by atoms with Crippen molar-refractivity contribution in [2.75, 3.05) is 13.2 Å². The van der Waals surface area contributed by atoms with E-state index in [-0.39, 0.29) is 0 Å². The Morgan fingerprint density at radius 1 is 1.43 bits per heavy atom. The van der Waals surface area contributed by atoms with Crippen molar-refractivity contribution in [2.24, 2.45) is 0 Å². The highest BCUT2D eigenvalue weighted by atomic mass is 16.5. The largest absolute Gasteiger partial charge is 0.490 e. The average Bonchev–Trinajstić information content (AvgIpc) is 2.20. The van der Waals surface area contributed by atoms with E-state index in [0.29, 0.717) is 13.2 Å². The van der Waals surface area contributed by atoms with Gasteiger partial charge in [0.15, 0.2) is 0 Å². The third-order valence-electron chi connectivity index (χ3n) is 2.32. The molecule has 0 aliphatic rings. The molecule has 0 bridgehead atoms. The Labute approximate surface area is 84.5 Å². The second-order valence-electron chi connectivity index (χ2n) is 3.45. The Morgan fingerprint density at radius 3 is 2.79 bits per heavy atom. The molecule has 0 spiro atoms. The van der Waals surface area contributed by atoms with Crippen LogP contribution in [0.15, 0.2) is 18.2 Å². The Kier molecular flexibility index (Phi) is 3.92. The standard InChI is InChI=1S/C11H17NO2/c1-8-4-3-5-11(9(8)2)14-7-10(13)6-12/h3-5,10,13H,6-7,12H2,1-2H3/p+1/t10-/m1/s1. The molecule has 1 rings (SSSR count). The number of ether oxygens (including phenoxy) is 1. The maximum Gasteiger partial charge on any atom is 0.136 e. The van der Waals surface area contributed by atoms with Crippen LogP contribution in [0.25, 0.3) is 0 Å². The van der Waals surface area contributed by atoms with Gasteiger partial charge in [-0.05, 0) is 31.0 Å². The van der Waals surface area contributed by atoms with E-state index in [1.54, 1.807) is 0 Å². The Balaban J connectivity index is 2.63. The Hall–Kier alpha value is -1.06. The number of aryl methyl sites for hydroxylation is 1. The lowest BCUT2D eigenvalue weighted by Gasteiger charge is -2.12. The minimum Gasteiger partial charge on any atom is -0.490 e. The zero-order valence-corrected chi connectivity index (χ0v) is 8.79. The van der Waals surface area contributed by atoms with Crippen LogP contribution in [0.1, 0.15) is 11.1 Å². The molecule has 0 saturated carbocycles. The minimum atomic E-state index is -0.477. The summed E-state index contributed by atoms with van der Waals surface area (Å²) in [5.74, 6) is 0.845. The highest BCUT2D eigenvalue weighted by Crippen LogP contribution is 2.20. The molecule has 0 saturated heterocycles. The quantitative estimate of drug-likeness (QED) is 0.727. The van der Waals surface area contributed by atoms with Crippen LogP contribution in [-0.4, -0.2) is 24.4 Å². The Bertz CT molecular complexity index is 299. The van der Waals surface area contributed by atoms with Gasteiger partial charge in [-0.3, -0.25) is 0 Å². The van der Waals surface area contributed by atoms with Gasteiger partial charge in [-0.2, -0.15) is 0 Å². The Morgan fingerprint density at radius 2 is 2.14 bits per heavy atom. The number of hydrogen-bond acceptors (Lipinski definition) is 2. The highest BCUT2D eigenvalue weighted by Gasteiger charge is 2.06. The molecule has 1 aromatic carbocycles. The van der Waals surface area contributed by atoms with Gasteiger partial charge in [0, 0.05) is 0 Å². The van der Waals surface area contributed by atoms with Crippen LogP contribution in [0.2, 0.25) is 0 Å². The summed E-state index contributed by atoms with van der Waals surface area (Å²) in [6.45, 7) is 4.85. The van der Waals surface area contributed by atoms with Gasteiger partial charge in [-0.25, -0.2) is 0 Å². The molecule has 0 fully saturated rings. The van der Waals surface area contributed by atoms with Gasteiger partial charge in [0.05, 0.1) is 0 Å². The van der Waals surface area contributed by atoms with Crippen LogP contribution in [0.3, 0.4) is 0 Å². The monoisotopic (exact) mass is 196 g/mol. The highest BCUT2D eigenvalue weighted by molar-refractivity contribution is 5.38. The third-order valence-corrected chi connectivity index (χ3v) is 2.32. The summed E-state index contributed by atoms with van der Waals surface area (Å²) in [6.07, 6.45) is -0.477. The lowest BCUT2D eigenvalue weighted by molar-refractivity contribution is -0.384. The lowest BCUT2D eigenvalue weighted by atomic mass is 10.1. The van der Waals surface area contributed by atoms with E-state index >= 15 is 0 Å². The van der Waals surface area contributed by atoms with Gasteiger partial charge in [-0.15, -0.1) is 0 Å². The van der Waals surface area contributed by atoms with E-state index in [0.717, 1.165) is 11.3 Å². The zero-order valence-electron chi connectivity index (χ0n) is 8.79. The van der Waals surface area contributed by atoms with Gasteiger partial charge < -0.3 is 15.6 Å².